The third-order valence-electron chi connectivity index (χ3n) is 1.98. The number of aromatic nitrogens is 1. The zero-order valence-corrected chi connectivity index (χ0v) is 11.3. The summed E-state index contributed by atoms with van der Waals surface area (Å²) in [5.41, 5.74) is 0.479. The second-order valence-corrected chi connectivity index (χ2v) is 5.88. The number of hydrogen-bond donors (Lipinski definition) is 0. The minimum atomic E-state index is 0.00557. The SMILES string of the molecule is O=C(Cc1ccc(Cl)s1)c1ccc(Br)cn1. The highest BCUT2D eigenvalue weighted by molar-refractivity contribution is 9.10. The van der Waals surface area contributed by atoms with Crippen molar-refractivity contribution in [2.45, 2.75) is 6.42 Å². The van der Waals surface area contributed by atoms with Crippen molar-refractivity contribution in [3.8, 4) is 0 Å². The van der Waals surface area contributed by atoms with Gasteiger partial charge in [-0.15, -0.1) is 11.3 Å². The first-order valence-electron chi connectivity index (χ1n) is 4.54. The lowest BCUT2D eigenvalue weighted by Crippen LogP contribution is -2.04. The van der Waals surface area contributed by atoms with Gasteiger partial charge < -0.3 is 0 Å². The predicted octanol–water partition coefficient (Wildman–Crippen LogP) is 3.98. The first-order chi connectivity index (χ1) is 7.65. The maximum atomic E-state index is 11.8. The van der Waals surface area contributed by atoms with Crippen LogP contribution in [0.25, 0.3) is 0 Å². The van der Waals surface area contributed by atoms with Gasteiger partial charge in [0.25, 0.3) is 0 Å². The second-order valence-electron chi connectivity index (χ2n) is 3.17. The molecule has 82 valence electrons. The van der Waals surface area contributed by atoms with Crippen LogP contribution >= 0.6 is 38.9 Å². The van der Waals surface area contributed by atoms with Crippen LogP contribution < -0.4 is 0 Å². The zero-order valence-electron chi connectivity index (χ0n) is 8.11. The summed E-state index contributed by atoms with van der Waals surface area (Å²) in [5.74, 6) is 0.00557. The van der Waals surface area contributed by atoms with Crippen LogP contribution in [0.2, 0.25) is 4.34 Å². The molecule has 0 unspecified atom stereocenters. The van der Waals surface area contributed by atoms with Crippen molar-refractivity contribution in [3.05, 3.63) is 49.8 Å². The van der Waals surface area contributed by atoms with E-state index in [-0.39, 0.29) is 5.78 Å². The fourth-order valence-electron chi connectivity index (χ4n) is 1.24. The highest BCUT2D eigenvalue weighted by atomic mass is 79.9. The molecule has 0 aliphatic carbocycles. The van der Waals surface area contributed by atoms with Crippen LogP contribution in [-0.4, -0.2) is 10.8 Å². The molecular formula is C11H7BrClNOS. The molecule has 0 saturated heterocycles. The third-order valence-corrected chi connectivity index (χ3v) is 3.68. The normalized spacial score (nSPS) is 10.4. The van der Waals surface area contributed by atoms with E-state index in [9.17, 15) is 4.79 Å². The Morgan fingerprint density at radius 3 is 2.75 bits per heavy atom. The van der Waals surface area contributed by atoms with Crippen molar-refractivity contribution < 1.29 is 4.79 Å². The van der Waals surface area contributed by atoms with Gasteiger partial charge in [-0.05, 0) is 40.2 Å². The van der Waals surface area contributed by atoms with E-state index in [0.717, 1.165) is 9.35 Å². The maximum Gasteiger partial charge on any atom is 0.186 e. The summed E-state index contributed by atoms with van der Waals surface area (Å²) in [5, 5.41) is 0. The summed E-state index contributed by atoms with van der Waals surface area (Å²) in [7, 11) is 0. The van der Waals surface area contributed by atoms with Gasteiger partial charge in [-0.25, -0.2) is 0 Å². The Labute approximate surface area is 110 Å². The number of halogens is 2. The molecule has 16 heavy (non-hydrogen) atoms. The largest absolute Gasteiger partial charge is 0.292 e. The summed E-state index contributed by atoms with van der Waals surface area (Å²) < 4.78 is 1.56. The Kier molecular flexibility index (Phi) is 3.74. The van der Waals surface area contributed by atoms with E-state index >= 15 is 0 Å². The number of carbonyl (C=O) groups is 1. The predicted molar refractivity (Wildman–Crippen MR) is 69.3 cm³/mol. The van der Waals surface area contributed by atoms with Crippen LogP contribution in [0.5, 0.6) is 0 Å². The van der Waals surface area contributed by atoms with E-state index in [1.165, 1.54) is 11.3 Å². The molecular weight excluding hydrogens is 310 g/mol. The van der Waals surface area contributed by atoms with Crippen LogP contribution in [0.3, 0.4) is 0 Å². The molecule has 0 aromatic carbocycles. The highest BCUT2D eigenvalue weighted by Gasteiger charge is 2.09. The molecule has 2 aromatic heterocycles. The van der Waals surface area contributed by atoms with E-state index in [4.69, 9.17) is 11.6 Å². The quantitative estimate of drug-likeness (QED) is 0.802. The van der Waals surface area contributed by atoms with E-state index in [1.807, 2.05) is 12.1 Å². The molecule has 2 nitrogen and oxygen atoms in total. The summed E-state index contributed by atoms with van der Waals surface area (Å²) >= 11 is 10.5. The van der Waals surface area contributed by atoms with Gasteiger partial charge in [0.05, 0.1) is 4.34 Å². The van der Waals surface area contributed by atoms with Crippen molar-refractivity contribution in [1.29, 1.82) is 0 Å². The van der Waals surface area contributed by atoms with Gasteiger partial charge in [-0.2, -0.15) is 0 Å². The van der Waals surface area contributed by atoms with Crippen LogP contribution in [0.1, 0.15) is 15.4 Å². The minimum absolute atomic E-state index is 0.00557. The van der Waals surface area contributed by atoms with Crippen LogP contribution in [-0.2, 0) is 6.42 Å². The maximum absolute atomic E-state index is 11.8. The van der Waals surface area contributed by atoms with Crippen LogP contribution in [0.4, 0.5) is 0 Å². The molecule has 2 rings (SSSR count). The molecule has 0 radical (unpaired) electrons. The van der Waals surface area contributed by atoms with Gasteiger partial charge in [0, 0.05) is 22.0 Å². The number of Topliss-reactive ketones (excluding diaryl/α,β-unsaturated/α-hetero) is 1. The molecule has 0 aliphatic heterocycles. The second kappa shape index (κ2) is 5.08. The third kappa shape index (κ3) is 2.90. The molecule has 0 saturated carbocycles. The summed E-state index contributed by atoms with van der Waals surface area (Å²) in [6.07, 6.45) is 1.97. The van der Waals surface area contributed by atoms with E-state index < -0.39 is 0 Å². The smallest absolute Gasteiger partial charge is 0.186 e. The van der Waals surface area contributed by atoms with Crippen LogP contribution in [0, 0.1) is 0 Å². The fourth-order valence-corrected chi connectivity index (χ4v) is 2.56. The Bertz CT molecular complexity index is 509. The molecule has 0 bridgehead atoms. The van der Waals surface area contributed by atoms with Gasteiger partial charge >= 0.3 is 0 Å². The molecule has 0 spiro atoms. The fraction of sp³-hybridized carbons (Fsp3) is 0.0909. The van der Waals surface area contributed by atoms with Crippen molar-refractivity contribution in [2.75, 3.05) is 0 Å². The van der Waals surface area contributed by atoms with Crippen molar-refractivity contribution >= 4 is 44.7 Å². The van der Waals surface area contributed by atoms with E-state index in [0.29, 0.717) is 16.5 Å². The molecule has 5 heteroatoms. The molecule has 2 heterocycles. The monoisotopic (exact) mass is 315 g/mol. The van der Waals surface area contributed by atoms with Gasteiger partial charge in [-0.3, -0.25) is 9.78 Å². The first-order valence-corrected chi connectivity index (χ1v) is 6.53. The number of rotatable bonds is 3. The molecule has 0 atom stereocenters. The standard InChI is InChI=1S/C11H7BrClNOS/c12-7-1-3-9(14-6-7)10(15)5-8-2-4-11(13)16-8/h1-4,6H,5H2. The van der Waals surface area contributed by atoms with Gasteiger partial charge in [0.2, 0.25) is 0 Å². The highest BCUT2D eigenvalue weighted by Crippen LogP contribution is 2.22. The van der Waals surface area contributed by atoms with Gasteiger partial charge in [0.15, 0.2) is 5.78 Å². The number of nitrogens with zero attached hydrogens (tertiary/aromatic N) is 1. The number of ketones is 1. The molecule has 0 amide bonds. The topological polar surface area (TPSA) is 30.0 Å². The lowest BCUT2D eigenvalue weighted by atomic mass is 10.2. The summed E-state index contributed by atoms with van der Waals surface area (Å²) in [6, 6.07) is 7.18. The average Bonchev–Trinajstić information content (AvgIpc) is 2.65. The minimum Gasteiger partial charge on any atom is -0.292 e. The van der Waals surface area contributed by atoms with Crippen molar-refractivity contribution in [2.24, 2.45) is 0 Å². The number of pyridine rings is 1. The molecule has 0 fully saturated rings. The average molecular weight is 317 g/mol. The Hall–Kier alpha value is -0.710. The van der Waals surface area contributed by atoms with E-state index in [1.54, 1.807) is 18.3 Å². The Morgan fingerprint density at radius 1 is 1.38 bits per heavy atom. The van der Waals surface area contributed by atoms with Gasteiger partial charge in [-0.1, -0.05) is 11.6 Å². The molecule has 0 N–H and O–H groups in total. The van der Waals surface area contributed by atoms with Crippen molar-refractivity contribution in [1.82, 2.24) is 4.98 Å². The van der Waals surface area contributed by atoms with Gasteiger partial charge in [0.1, 0.15) is 5.69 Å². The summed E-state index contributed by atoms with van der Waals surface area (Å²) in [4.78, 5) is 16.8. The van der Waals surface area contributed by atoms with E-state index in [2.05, 4.69) is 20.9 Å². The number of thiophene rings is 1. The molecule has 0 aliphatic rings. The Morgan fingerprint density at radius 2 is 2.19 bits per heavy atom. The number of hydrogen-bond acceptors (Lipinski definition) is 3. The summed E-state index contributed by atoms with van der Waals surface area (Å²) in [6.45, 7) is 0. The van der Waals surface area contributed by atoms with Crippen LogP contribution in [0.15, 0.2) is 34.9 Å². The number of carbonyl (C=O) groups excluding carboxylic acids is 1. The van der Waals surface area contributed by atoms with Crippen molar-refractivity contribution in [3.63, 3.8) is 0 Å². The molecule has 2 aromatic rings. The Balaban J connectivity index is 2.11. The first kappa shape index (κ1) is 11.8. The lowest BCUT2D eigenvalue weighted by Gasteiger charge is -1.98. The lowest BCUT2D eigenvalue weighted by molar-refractivity contribution is 0.0989. The zero-order chi connectivity index (χ0) is 11.5.